The number of halogens is 1. The molecule has 1 aromatic heterocycles. The molecule has 3 aliphatic carbocycles. The summed E-state index contributed by atoms with van der Waals surface area (Å²) in [5, 5.41) is 7.46. The molecule has 0 unspecified atom stereocenters. The van der Waals surface area contributed by atoms with Crippen molar-refractivity contribution in [2.45, 2.75) is 50.5 Å². The maximum Gasteiger partial charge on any atom is 0.272 e. The summed E-state index contributed by atoms with van der Waals surface area (Å²) in [7, 11) is 0. The van der Waals surface area contributed by atoms with E-state index in [1.807, 2.05) is 13.0 Å². The lowest BCUT2D eigenvalue weighted by Crippen LogP contribution is -2.55. The molecule has 0 saturated heterocycles. The molecule has 1 heterocycles. The number of allylic oxidation sites excluding steroid dienone is 2. The molecule has 5 nitrogen and oxygen atoms in total. The van der Waals surface area contributed by atoms with E-state index in [9.17, 15) is 9.18 Å². The second kappa shape index (κ2) is 5.93. The van der Waals surface area contributed by atoms with Gasteiger partial charge in [-0.15, -0.1) is 0 Å². The molecule has 0 radical (unpaired) electrons. The van der Waals surface area contributed by atoms with Crippen LogP contribution in [0.25, 0.3) is 0 Å². The second-order valence-corrected chi connectivity index (χ2v) is 7.33. The van der Waals surface area contributed by atoms with Crippen molar-refractivity contribution >= 4 is 11.7 Å². The number of alkyl halides is 1. The first kappa shape index (κ1) is 16.2. The first-order chi connectivity index (χ1) is 12.1. The minimum Gasteiger partial charge on any atom is -0.343 e. The summed E-state index contributed by atoms with van der Waals surface area (Å²) in [5.41, 5.74) is 1.83. The van der Waals surface area contributed by atoms with Crippen LogP contribution >= 0.6 is 0 Å². The molecule has 6 heteroatoms. The van der Waals surface area contributed by atoms with Crippen molar-refractivity contribution in [1.29, 1.82) is 0 Å². The van der Waals surface area contributed by atoms with Crippen molar-refractivity contribution in [3.63, 3.8) is 0 Å². The molecule has 132 valence electrons. The maximum absolute atomic E-state index is 13.4. The van der Waals surface area contributed by atoms with Gasteiger partial charge in [-0.05, 0) is 51.0 Å². The number of nitrogens with one attached hydrogen (secondary N) is 1. The fourth-order valence-electron chi connectivity index (χ4n) is 4.01. The average Bonchev–Trinajstić information content (AvgIpc) is 3.09. The summed E-state index contributed by atoms with van der Waals surface area (Å²) < 4.78 is 15.1. The van der Waals surface area contributed by atoms with E-state index in [2.05, 4.69) is 22.0 Å². The third-order valence-electron chi connectivity index (χ3n) is 5.68. The average molecular weight is 342 g/mol. The van der Waals surface area contributed by atoms with E-state index in [0.29, 0.717) is 36.2 Å². The number of aromatic nitrogens is 2. The number of hydrogen-bond donors (Lipinski definition) is 1. The van der Waals surface area contributed by atoms with Crippen molar-refractivity contribution in [3.8, 4) is 0 Å². The highest BCUT2D eigenvalue weighted by Crippen LogP contribution is 2.57. The first-order valence-corrected chi connectivity index (χ1v) is 8.94. The minimum absolute atomic E-state index is 0.261. The third kappa shape index (κ3) is 2.55. The smallest absolute Gasteiger partial charge is 0.272 e. The van der Waals surface area contributed by atoms with Crippen LogP contribution in [0.4, 0.5) is 4.39 Å². The number of fused-ring (bicyclic) bond motifs is 3. The van der Waals surface area contributed by atoms with Crippen LogP contribution in [0, 0.1) is 5.92 Å². The molecule has 2 fully saturated rings. The van der Waals surface area contributed by atoms with E-state index in [0.717, 1.165) is 30.5 Å². The number of rotatable bonds is 5. The number of carbonyl (C=O) groups excluding carboxylic acids is 1. The van der Waals surface area contributed by atoms with Gasteiger partial charge in [0.15, 0.2) is 11.5 Å². The van der Waals surface area contributed by atoms with Gasteiger partial charge in [-0.3, -0.25) is 4.79 Å². The van der Waals surface area contributed by atoms with Crippen molar-refractivity contribution < 1.29 is 9.18 Å². The molecule has 3 aliphatic rings. The van der Waals surface area contributed by atoms with Gasteiger partial charge >= 0.3 is 0 Å². The SMILES string of the molecule is C=CC(=N/C=C\C)n1nc(C(=O)NC2(CF)CCC2)c2c1[C@H]1C[C@H]1C2. The van der Waals surface area contributed by atoms with E-state index in [4.69, 9.17) is 0 Å². The zero-order chi connectivity index (χ0) is 17.6. The van der Waals surface area contributed by atoms with Crippen LogP contribution in [0.15, 0.2) is 29.9 Å². The third-order valence-corrected chi connectivity index (χ3v) is 5.68. The van der Waals surface area contributed by atoms with Gasteiger partial charge in [-0.2, -0.15) is 5.10 Å². The van der Waals surface area contributed by atoms with Crippen LogP contribution in [-0.2, 0) is 6.42 Å². The zero-order valence-corrected chi connectivity index (χ0v) is 14.5. The van der Waals surface area contributed by atoms with E-state index in [1.165, 1.54) is 0 Å². The maximum atomic E-state index is 13.4. The Labute approximate surface area is 146 Å². The van der Waals surface area contributed by atoms with Gasteiger partial charge in [0, 0.05) is 17.7 Å². The summed E-state index contributed by atoms with van der Waals surface area (Å²) in [6.07, 6.45) is 9.55. The molecule has 4 rings (SSSR count). The Morgan fingerprint density at radius 1 is 1.56 bits per heavy atom. The van der Waals surface area contributed by atoms with E-state index >= 15 is 0 Å². The number of hydrogen-bond acceptors (Lipinski definition) is 3. The Balaban J connectivity index is 1.70. The van der Waals surface area contributed by atoms with Gasteiger partial charge in [-0.1, -0.05) is 12.7 Å². The quantitative estimate of drug-likeness (QED) is 0.660. The fourth-order valence-corrected chi connectivity index (χ4v) is 4.01. The lowest BCUT2D eigenvalue weighted by Gasteiger charge is -2.39. The molecular formula is C19H23FN4O. The zero-order valence-electron chi connectivity index (χ0n) is 14.5. The number of aliphatic imine (C=N–C) groups is 1. The molecule has 0 aromatic carbocycles. The van der Waals surface area contributed by atoms with Gasteiger partial charge in [0.2, 0.25) is 0 Å². The highest BCUT2D eigenvalue weighted by atomic mass is 19.1. The molecule has 1 amide bonds. The van der Waals surface area contributed by atoms with E-state index in [1.54, 1.807) is 17.0 Å². The molecule has 1 aromatic rings. The van der Waals surface area contributed by atoms with Crippen molar-refractivity contribution in [2.75, 3.05) is 6.67 Å². The summed E-state index contributed by atoms with van der Waals surface area (Å²) in [6, 6.07) is 0. The lowest BCUT2D eigenvalue weighted by atomic mass is 9.77. The first-order valence-electron chi connectivity index (χ1n) is 8.94. The Kier molecular flexibility index (Phi) is 3.85. The highest BCUT2D eigenvalue weighted by molar-refractivity contribution is 5.99. The monoisotopic (exact) mass is 342 g/mol. The molecule has 0 bridgehead atoms. The Hall–Kier alpha value is -2.24. The Bertz CT molecular complexity index is 782. The molecule has 2 atom stereocenters. The Morgan fingerprint density at radius 3 is 2.96 bits per heavy atom. The van der Waals surface area contributed by atoms with Crippen molar-refractivity contribution in [2.24, 2.45) is 10.9 Å². The van der Waals surface area contributed by atoms with Crippen LogP contribution in [-0.4, -0.2) is 33.7 Å². The number of nitrogens with zero attached hydrogens (tertiary/aromatic N) is 3. The highest BCUT2D eigenvalue weighted by Gasteiger charge is 2.51. The molecule has 0 aliphatic heterocycles. The number of amides is 1. The summed E-state index contributed by atoms with van der Waals surface area (Å²) in [5.74, 6) is 1.42. The number of carbonyl (C=O) groups is 1. The van der Waals surface area contributed by atoms with Gasteiger partial charge in [0.25, 0.3) is 5.91 Å². The van der Waals surface area contributed by atoms with E-state index in [-0.39, 0.29) is 5.91 Å². The topological polar surface area (TPSA) is 59.3 Å². The lowest BCUT2D eigenvalue weighted by molar-refractivity contribution is 0.0767. The molecule has 0 spiro atoms. The minimum atomic E-state index is -0.685. The van der Waals surface area contributed by atoms with E-state index < -0.39 is 12.2 Å². The Morgan fingerprint density at radius 2 is 2.36 bits per heavy atom. The standard InChI is InChI=1S/C19H23FN4O/c1-3-8-21-15(4-2)24-17-13-9-12(13)10-14(17)16(23-24)18(25)22-19(11-20)6-5-7-19/h3-4,8,12-13H,2,5-7,9-11H2,1H3,(H,22,25)/b8-3-,21-15?/t12-,13-/m0/s1. The van der Waals surface area contributed by atoms with Gasteiger partial charge in [-0.25, -0.2) is 14.1 Å². The largest absolute Gasteiger partial charge is 0.343 e. The van der Waals surface area contributed by atoms with Crippen molar-refractivity contribution in [3.05, 3.63) is 41.9 Å². The summed E-state index contributed by atoms with van der Waals surface area (Å²) in [6.45, 7) is 5.20. The summed E-state index contributed by atoms with van der Waals surface area (Å²) in [4.78, 5) is 17.2. The molecule has 1 N–H and O–H groups in total. The predicted molar refractivity (Wildman–Crippen MR) is 94.6 cm³/mol. The van der Waals surface area contributed by atoms with Crippen LogP contribution < -0.4 is 5.32 Å². The molecule has 25 heavy (non-hydrogen) atoms. The van der Waals surface area contributed by atoms with Crippen LogP contribution in [0.3, 0.4) is 0 Å². The van der Waals surface area contributed by atoms with Crippen LogP contribution in [0.2, 0.25) is 0 Å². The predicted octanol–water partition coefficient (Wildman–Crippen LogP) is 3.13. The second-order valence-electron chi connectivity index (χ2n) is 7.33. The molecular weight excluding hydrogens is 319 g/mol. The van der Waals surface area contributed by atoms with Crippen LogP contribution in [0.1, 0.15) is 60.3 Å². The van der Waals surface area contributed by atoms with Gasteiger partial charge < -0.3 is 5.32 Å². The summed E-state index contributed by atoms with van der Waals surface area (Å²) >= 11 is 0. The van der Waals surface area contributed by atoms with Gasteiger partial charge in [0.1, 0.15) is 6.67 Å². The normalized spacial score (nSPS) is 26.1. The fraction of sp³-hybridized carbons (Fsp3) is 0.526. The van der Waals surface area contributed by atoms with Crippen molar-refractivity contribution in [1.82, 2.24) is 15.1 Å². The molecule has 2 saturated carbocycles. The van der Waals surface area contributed by atoms with Gasteiger partial charge in [0.05, 0.1) is 11.2 Å². The van der Waals surface area contributed by atoms with Crippen LogP contribution in [0.5, 0.6) is 0 Å².